The van der Waals surface area contributed by atoms with Gasteiger partial charge in [-0.2, -0.15) is 0 Å². The topological polar surface area (TPSA) is 46.8 Å². The number of rotatable bonds is 2. The molecule has 0 unspecified atom stereocenters. The van der Waals surface area contributed by atoms with Crippen LogP contribution in [0.5, 0.6) is 0 Å². The van der Waals surface area contributed by atoms with Crippen molar-refractivity contribution in [3.63, 3.8) is 0 Å². The average molecular weight is 313 g/mol. The summed E-state index contributed by atoms with van der Waals surface area (Å²) in [4.78, 5) is 3.34. The standard InChI is InChI=1S/C17H19N3OS/c1-10-16(11(2)21-19-10)12-7-8-14-15(9-12)20(17(22)18-14)13-5-3-4-6-13/h7-9,13H,3-6H2,1-2H3,(H,18,22). The van der Waals surface area contributed by atoms with Crippen molar-refractivity contribution in [3.05, 3.63) is 34.4 Å². The van der Waals surface area contributed by atoms with Gasteiger partial charge in [0.25, 0.3) is 0 Å². The summed E-state index contributed by atoms with van der Waals surface area (Å²) in [6, 6.07) is 6.96. The Kier molecular flexibility index (Phi) is 3.18. The zero-order chi connectivity index (χ0) is 15.3. The van der Waals surface area contributed by atoms with E-state index in [-0.39, 0.29) is 0 Å². The summed E-state index contributed by atoms with van der Waals surface area (Å²) < 4.78 is 8.45. The van der Waals surface area contributed by atoms with Crippen molar-refractivity contribution in [2.24, 2.45) is 0 Å². The Balaban J connectivity index is 1.93. The lowest BCUT2D eigenvalue weighted by atomic mass is 10.0. The molecule has 1 fully saturated rings. The van der Waals surface area contributed by atoms with Gasteiger partial charge in [-0.3, -0.25) is 0 Å². The van der Waals surface area contributed by atoms with Gasteiger partial charge in [-0.15, -0.1) is 0 Å². The second-order valence-corrected chi connectivity index (χ2v) is 6.56. The third-order valence-corrected chi connectivity index (χ3v) is 5.03. The molecule has 3 aromatic rings. The van der Waals surface area contributed by atoms with E-state index in [4.69, 9.17) is 16.7 Å². The van der Waals surface area contributed by atoms with E-state index < -0.39 is 0 Å². The summed E-state index contributed by atoms with van der Waals surface area (Å²) in [5.74, 6) is 0.860. The van der Waals surface area contributed by atoms with E-state index in [9.17, 15) is 0 Å². The predicted molar refractivity (Wildman–Crippen MR) is 89.6 cm³/mol. The molecule has 1 aliphatic carbocycles. The number of imidazole rings is 1. The van der Waals surface area contributed by atoms with E-state index in [2.05, 4.69) is 32.9 Å². The summed E-state index contributed by atoms with van der Waals surface area (Å²) in [5.41, 5.74) is 5.46. The molecule has 2 heterocycles. The van der Waals surface area contributed by atoms with E-state index in [1.165, 1.54) is 31.2 Å². The van der Waals surface area contributed by atoms with Crippen LogP contribution in [0.2, 0.25) is 0 Å². The van der Waals surface area contributed by atoms with Crippen LogP contribution in [0.25, 0.3) is 22.2 Å². The van der Waals surface area contributed by atoms with Gasteiger partial charge in [0.2, 0.25) is 0 Å². The Bertz CT molecular complexity index is 877. The van der Waals surface area contributed by atoms with Gasteiger partial charge >= 0.3 is 0 Å². The highest BCUT2D eigenvalue weighted by molar-refractivity contribution is 7.71. The van der Waals surface area contributed by atoms with Gasteiger partial charge < -0.3 is 14.1 Å². The number of aromatic amines is 1. The van der Waals surface area contributed by atoms with E-state index in [1.807, 2.05) is 13.8 Å². The molecular formula is C17H19N3OS. The SMILES string of the molecule is Cc1noc(C)c1-c1ccc2[nH]c(=S)n(C3CCCC3)c2c1. The van der Waals surface area contributed by atoms with Crippen LogP contribution in [0, 0.1) is 18.6 Å². The van der Waals surface area contributed by atoms with Crippen molar-refractivity contribution in [2.45, 2.75) is 45.6 Å². The fraction of sp³-hybridized carbons (Fsp3) is 0.412. The third-order valence-electron chi connectivity index (χ3n) is 4.73. The van der Waals surface area contributed by atoms with Gasteiger partial charge in [0.15, 0.2) is 4.77 Å². The lowest BCUT2D eigenvalue weighted by Crippen LogP contribution is -2.04. The first-order chi connectivity index (χ1) is 10.6. The molecule has 0 spiro atoms. The van der Waals surface area contributed by atoms with E-state index in [0.29, 0.717) is 6.04 Å². The van der Waals surface area contributed by atoms with Crippen molar-refractivity contribution < 1.29 is 4.52 Å². The van der Waals surface area contributed by atoms with Gasteiger partial charge in [0.05, 0.1) is 16.7 Å². The molecule has 0 aliphatic heterocycles. The first kappa shape index (κ1) is 13.8. The second-order valence-electron chi connectivity index (χ2n) is 6.17. The van der Waals surface area contributed by atoms with Crippen molar-refractivity contribution in [1.29, 1.82) is 0 Å². The monoisotopic (exact) mass is 313 g/mol. The van der Waals surface area contributed by atoms with Crippen LogP contribution in [-0.4, -0.2) is 14.7 Å². The van der Waals surface area contributed by atoms with Crippen molar-refractivity contribution in [1.82, 2.24) is 14.7 Å². The zero-order valence-electron chi connectivity index (χ0n) is 12.8. The highest BCUT2D eigenvalue weighted by Crippen LogP contribution is 2.35. The summed E-state index contributed by atoms with van der Waals surface area (Å²) in [6.07, 6.45) is 5.03. The summed E-state index contributed by atoms with van der Waals surface area (Å²) >= 11 is 5.56. The number of hydrogen-bond donors (Lipinski definition) is 1. The van der Waals surface area contributed by atoms with Crippen molar-refractivity contribution in [2.75, 3.05) is 0 Å². The molecule has 1 N–H and O–H groups in total. The number of nitrogens with zero attached hydrogens (tertiary/aromatic N) is 2. The Hall–Kier alpha value is -1.88. The van der Waals surface area contributed by atoms with Crippen molar-refractivity contribution in [3.8, 4) is 11.1 Å². The molecule has 114 valence electrons. The number of fused-ring (bicyclic) bond motifs is 1. The van der Waals surface area contributed by atoms with Crippen molar-refractivity contribution >= 4 is 23.3 Å². The predicted octanol–water partition coefficient (Wildman–Crippen LogP) is 5.09. The number of hydrogen-bond acceptors (Lipinski definition) is 3. The minimum atomic E-state index is 0.529. The van der Waals surface area contributed by atoms with Crippen LogP contribution in [0.4, 0.5) is 0 Å². The zero-order valence-corrected chi connectivity index (χ0v) is 13.7. The lowest BCUT2D eigenvalue weighted by Gasteiger charge is -2.13. The van der Waals surface area contributed by atoms with Gasteiger partial charge in [-0.1, -0.05) is 24.1 Å². The lowest BCUT2D eigenvalue weighted by molar-refractivity contribution is 0.393. The number of H-pyrrole nitrogens is 1. The summed E-state index contributed by atoms with van der Waals surface area (Å²) in [5, 5.41) is 4.07. The Morgan fingerprint density at radius 1 is 1.27 bits per heavy atom. The normalized spacial score (nSPS) is 15.9. The number of nitrogens with one attached hydrogen (secondary N) is 1. The first-order valence-electron chi connectivity index (χ1n) is 7.82. The van der Waals surface area contributed by atoms with E-state index >= 15 is 0 Å². The molecule has 0 saturated heterocycles. The van der Waals surface area contributed by atoms with Crippen LogP contribution in [0.1, 0.15) is 43.2 Å². The highest BCUT2D eigenvalue weighted by Gasteiger charge is 2.21. The van der Waals surface area contributed by atoms with Crippen LogP contribution in [0.3, 0.4) is 0 Å². The van der Waals surface area contributed by atoms with Gasteiger partial charge in [0, 0.05) is 11.6 Å². The van der Waals surface area contributed by atoms with Gasteiger partial charge in [-0.25, -0.2) is 0 Å². The molecule has 2 aromatic heterocycles. The molecule has 4 rings (SSSR count). The van der Waals surface area contributed by atoms with Crippen LogP contribution in [-0.2, 0) is 0 Å². The summed E-state index contributed by atoms with van der Waals surface area (Å²) in [6.45, 7) is 3.94. The van der Waals surface area contributed by atoms with Crippen LogP contribution in [0.15, 0.2) is 22.7 Å². The van der Waals surface area contributed by atoms with Crippen LogP contribution < -0.4 is 0 Å². The first-order valence-corrected chi connectivity index (χ1v) is 8.23. The van der Waals surface area contributed by atoms with E-state index in [1.54, 1.807) is 0 Å². The Morgan fingerprint density at radius 2 is 2.05 bits per heavy atom. The molecule has 0 atom stereocenters. The highest BCUT2D eigenvalue weighted by atomic mass is 32.1. The maximum absolute atomic E-state index is 5.56. The number of aryl methyl sites for hydroxylation is 2. The third kappa shape index (κ3) is 2.03. The van der Waals surface area contributed by atoms with Crippen LogP contribution >= 0.6 is 12.2 Å². The Labute approximate surface area is 134 Å². The quantitative estimate of drug-likeness (QED) is 0.671. The fourth-order valence-corrected chi connectivity index (χ4v) is 4.05. The molecule has 1 saturated carbocycles. The smallest absolute Gasteiger partial charge is 0.178 e. The molecule has 0 bridgehead atoms. The summed E-state index contributed by atoms with van der Waals surface area (Å²) in [7, 11) is 0. The second kappa shape index (κ2) is 5.09. The minimum absolute atomic E-state index is 0.529. The molecule has 5 heteroatoms. The fourth-order valence-electron chi connectivity index (χ4n) is 3.70. The molecular weight excluding hydrogens is 294 g/mol. The average Bonchev–Trinajstić information content (AvgIpc) is 3.18. The molecule has 0 amide bonds. The maximum atomic E-state index is 5.56. The molecule has 1 aliphatic rings. The molecule has 0 radical (unpaired) electrons. The molecule has 1 aromatic carbocycles. The number of aromatic nitrogens is 3. The van der Waals surface area contributed by atoms with Gasteiger partial charge in [0.1, 0.15) is 5.76 Å². The molecule has 22 heavy (non-hydrogen) atoms. The largest absolute Gasteiger partial charge is 0.361 e. The number of benzene rings is 1. The molecule has 4 nitrogen and oxygen atoms in total. The Morgan fingerprint density at radius 3 is 2.73 bits per heavy atom. The maximum Gasteiger partial charge on any atom is 0.178 e. The van der Waals surface area contributed by atoms with E-state index in [0.717, 1.165) is 32.9 Å². The van der Waals surface area contributed by atoms with Gasteiger partial charge in [-0.05, 0) is 56.6 Å². The minimum Gasteiger partial charge on any atom is -0.361 e.